The third-order valence-electron chi connectivity index (χ3n) is 5.46. The van der Waals surface area contributed by atoms with Gasteiger partial charge in [-0.2, -0.15) is 5.10 Å². The number of ether oxygens (including phenoxy) is 2. The molecule has 4 aromatic carbocycles. The number of hydrogen-bond acceptors (Lipinski definition) is 5. The van der Waals surface area contributed by atoms with E-state index in [2.05, 4.69) is 15.8 Å². The van der Waals surface area contributed by atoms with E-state index in [1.807, 2.05) is 48.5 Å². The van der Waals surface area contributed by atoms with Crippen LogP contribution < -0.4 is 20.2 Å². The van der Waals surface area contributed by atoms with Crippen LogP contribution in [0.5, 0.6) is 11.5 Å². The molecule has 2 N–H and O–H groups in total. The predicted octanol–water partition coefficient (Wildman–Crippen LogP) is 4.78. The summed E-state index contributed by atoms with van der Waals surface area (Å²) in [7, 11) is 3.07. The number of methoxy groups -OCH3 is 2. The van der Waals surface area contributed by atoms with Crippen molar-refractivity contribution in [3.05, 3.63) is 113 Å². The molecule has 0 unspecified atom stereocenters. The van der Waals surface area contributed by atoms with Crippen molar-refractivity contribution in [1.82, 2.24) is 10.7 Å². The van der Waals surface area contributed by atoms with E-state index < -0.39 is 11.8 Å². The Bertz CT molecular complexity index is 1440. The van der Waals surface area contributed by atoms with E-state index in [9.17, 15) is 9.59 Å². The Kier molecular flexibility index (Phi) is 7.73. The van der Waals surface area contributed by atoms with Crippen LogP contribution >= 0.6 is 0 Å². The molecule has 0 aliphatic heterocycles. The van der Waals surface area contributed by atoms with Crippen LogP contribution in [0.25, 0.3) is 16.8 Å². The monoisotopic (exact) mass is 479 g/mol. The first-order valence-electron chi connectivity index (χ1n) is 11.2. The number of rotatable bonds is 8. The summed E-state index contributed by atoms with van der Waals surface area (Å²) in [5, 5.41) is 8.90. The minimum absolute atomic E-state index is 0.00221. The van der Waals surface area contributed by atoms with Crippen LogP contribution in [-0.4, -0.2) is 32.2 Å². The molecule has 0 radical (unpaired) electrons. The number of carbonyl (C=O) groups excluding carboxylic acids is 2. The number of benzene rings is 4. The first-order chi connectivity index (χ1) is 17.6. The first-order valence-corrected chi connectivity index (χ1v) is 11.2. The highest BCUT2D eigenvalue weighted by Crippen LogP contribution is 2.26. The number of nitrogens with one attached hydrogen (secondary N) is 2. The van der Waals surface area contributed by atoms with Crippen LogP contribution in [0.4, 0.5) is 0 Å². The fraction of sp³-hybridized carbons (Fsp3) is 0.0690. The number of nitrogens with zero attached hydrogens (tertiary/aromatic N) is 1. The van der Waals surface area contributed by atoms with Crippen molar-refractivity contribution in [2.75, 3.05) is 14.2 Å². The molecule has 0 fully saturated rings. The van der Waals surface area contributed by atoms with E-state index in [-0.39, 0.29) is 5.70 Å². The number of carbonyl (C=O) groups is 2. The van der Waals surface area contributed by atoms with Gasteiger partial charge in [-0.3, -0.25) is 9.59 Å². The summed E-state index contributed by atoms with van der Waals surface area (Å²) in [5.74, 6) is 0.0621. The van der Waals surface area contributed by atoms with E-state index >= 15 is 0 Å². The molecule has 7 heteroatoms. The van der Waals surface area contributed by atoms with Crippen molar-refractivity contribution in [2.45, 2.75) is 0 Å². The van der Waals surface area contributed by atoms with Gasteiger partial charge >= 0.3 is 0 Å². The van der Waals surface area contributed by atoms with Crippen molar-refractivity contribution in [2.24, 2.45) is 5.10 Å². The van der Waals surface area contributed by atoms with Gasteiger partial charge in [0.15, 0.2) is 0 Å². The average Bonchev–Trinajstić information content (AvgIpc) is 2.93. The Labute approximate surface area is 209 Å². The summed E-state index contributed by atoms with van der Waals surface area (Å²) in [6.07, 6.45) is 3.10. The van der Waals surface area contributed by atoms with Crippen molar-refractivity contribution >= 4 is 34.9 Å². The van der Waals surface area contributed by atoms with Crippen LogP contribution in [0.3, 0.4) is 0 Å². The zero-order chi connectivity index (χ0) is 25.3. The Morgan fingerprint density at radius 3 is 2.33 bits per heavy atom. The Hall–Kier alpha value is -4.91. The lowest BCUT2D eigenvalue weighted by Crippen LogP contribution is -2.32. The van der Waals surface area contributed by atoms with Crippen LogP contribution in [0, 0.1) is 0 Å². The molecule has 4 rings (SSSR count). The topological polar surface area (TPSA) is 89.0 Å². The molecule has 0 saturated carbocycles. The van der Waals surface area contributed by atoms with Gasteiger partial charge in [0.2, 0.25) is 0 Å². The van der Waals surface area contributed by atoms with Gasteiger partial charge < -0.3 is 14.8 Å². The largest absolute Gasteiger partial charge is 0.497 e. The lowest BCUT2D eigenvalue weighted by molar-refractivity contribution is -0.117. The normalized spacial score (nSPS) is 11.3. The SMILES string of the molecule is COc1ccc(/C=C(\NC(=O)c2ccccc2)C(=O)NN=Cc2cccc3ccccc23)c(OC)c1. The number of hydrogen-bond donors (Lipinski definition) is 2. The second-order valence-electron chi connectivity index (χ2n) is 7.75. The zero-order valence-electron chi connectivity index (χ0n) is 19.9. The third kappa shape index (κ3) is 5.77. The van der Waals surface area contributed by atoms with Gasteiger partial charge in [-0.25, -0.2) is 5.43 Å². The number of amides is 2. The fourth-order valence-electron chi connectivity index (χ4n) is 3.62. The standard InChI is InChI=1S/C29H25N3O4/c1-35-24-16-15-22(27(18-24)36-2)17-26(31-28(33)21-10-4-3-5-11-21)29(34)32-30-19-23-13-8-12-20-9-6-7-14-25(20)23/h3-19H,1-2H3,(H,31,33)(H,32,34)/b26-17-,30-19?. The van der Waals surface area contributed by atoms with Crippen molar-refractivity contribution in [3.63, 3.8) is 0 Å². The van der Waals surface area contributed by atoms with Crippen LogP contribution in [0.15, 0.2) is 102 Å². The predicted molar refractivity (Wildman–Crippen MR) is 141 cm³/mol. The van der Waals surface area contributed by atoms with Gasteiger partial charge in [0.25, 0.3) is 11.8 Å². The van der Waals surface area contributed by atoms with E-state index in [1.54, 1.807) is 55.8 Å². The zero-order valence-corrected chi connectivity index (χ0v) is 19.9. The number of hydrazone groups is 1. The average molecular weight is 480 g/mol. The van der Waals surface area contributed by atoms with Gasteiger partial charge in [-0.05, 0) is 41.1 Å². The lowest BCUT2D eigenvalue weighted by atomic mass is 10.1. The van der Waals surface area contributed by atoms with Gasteiger partial charge in [-0.15, -0.1) is 0 Å². The minimum Gasteiger partial charge on any atom is -0.497 e. The van der Waals surface area contributed by atoms with Gasteiger partial charge in [0, 0.05) is 22.8 Å². The van der Waals surface area contributed by atoms with E-state index in [0.717, 1.165) is 16.3 Å². The van der Waals surface area contributed by atoms with E-state index in [0.29, 0.717) is 22.6 Å². The molecule has 0 aromatic heterocycles. The Morgan fingerprint density at radius 1 is 0.806 bits per heavy atom. The second kappa shape index (κ2) is 11.5. The maximum absolute atomic E-state index is 13.1. The summed E-state index contributed by atoms with van der Waals surface area (Å²) in [4.78, 5) is 25.9. The quantitative estimate of drug-likeness (QED) is 0.216. The highest BCUT2D eigenvalue weighted by Gasteiger charge is 2.16. The summed E-state index contributed by atoms with van der Waals surface area (Å²) in [6, 6.07) is 27.5. The molecule has 0 heterocycles. The minimum atomic E-state index is -0.589. The maximum atomic E-state index is 13.1. The fourth-order valence-corrected chi connectivity index (χ4v) is 3.62. The first kappa shape index (κ1) is 24.2. The molecule has 180 valence electrons. The molecule has 36 heavy (non-hydrogen) atoms. The van der Waals surface area contributed by atoms with Crippen LogP contribution in [0.1, 0.15) is 21.5 Å². The molecule has 0 atom stereocenters. The highest BCUT2D eigenvalue weighted by atomic mass is 16.5. The molecule has 0 aliphatic rings. The van der Waals surface area contributed by atoms with E-state index in [1.165, 1.54) is 13.2 Å². The summed E-state index contributed by atoms with van der Waals surface area (Å²) in [6.45, 7) is 0. The van der Waals surface area contributed by atoms with E-state index in [4.69, 9.17) is 9.47 Å². The third-order valence-corrected chi connectivity index (χ3v) is 5.46. The highest BCUT2D eigenvalue weighted by molar-refractivity contribution is 6.06. The summed E-state index contributed by atoms with van der Waals surface area (Å²) >= 11 is 0. The van der Waals surface area contributed by atoms with Gasteiger partial charge in [0.05, 0.1) is 20.4 Å². The molecule has 0 bridgehead atoms. The summed E-state index contributed by atoms with van der Waals surface area (Å²) in [5.41, 5.74) is 4.36. The molecule has 0 aliphatic carbocycles. The molecule has 2 amide bonds. The molecule has 7 nitrogen and oxygen atoms in total. The summed E-state index contributed by atoms with van der Waals surface area (Å²) < 4.78 is 10.7. The number of fused-ring (bicyclic) bond motifs is 1. The van der Waals surface area contributed by atoms with Crippen LogP contribution in [-0.2, 0) is 4.79 Å². The Balaban J connectivity index is 1.62. The molecule has 4 aromatic rings. The molecule has 0 saturated heterocycles. The smallest absolute Gasteiger partial charge is 0.287 e. The second-order valence-corrected chi connectivity index (χ2v) is 7.75. The lowest BCUT2D eigenvalue weighted by Gasteiger charge is -2.11. The maximum Gasteiger partial charge on any atom is 0.287 e. The van der Waals surface area contributed by atoms with Gasteiger partial charge in [0.1, 0.15) is 17.2 Å². The Morgan fingerprint density at radius 2 is 1.56 bits per heavy atom. The van der Waals surface area contributed by atoms with Crippen molar-refractivity contribution in [1.29, 1.82) is 0 Å². The van der Waals surface area contributed by atoms with Crippen LogP contribution in [0.2, 0.25) is 0 Å². The van der Waals surface area contributed by atoms with Crippen molar-refractivity contribution < 1.29 is 19.1 Å². The molecule has 0 spiro atoms. The molecular formula is C29H25N3O4. The molecular weight excluding hydrogens is 454 g/mol. The van der Waals surface area contributed by atoms with Crippen molar-refractivity contribution in [3.8, 4) is 11.5 Å². The van der Waals surface area contributed by atoms with Gasteiger partial charge in [-0.1, -0.05) is 60.7 Å².